The zero-order valence-corrected chi connectivity index (χ0v) is 10.3. The van der Waals surface area contributed by atoms with Gasteiger partial charge in [0.05, 0.1) is 0 Å². The Labute approximate surface area is 94.2 Å². The molecule has 0 radical (unpaired) electrons. The average molecular weight is 311 g/mol. The highest BCUT2D eigenvalue weighted by molar-refractivity contribution is 14.1. The van der Waals surface area contributed by atoms with Crippen LogP contribution >= 0.6 is 33.9 Å². The van der Waals surface area contributed by atoms with Gasteiger partial charge in [0.25, 0.3) is 5.91 Å². The molecule has 0 aliphatic heterocycles. The zero-order valence-electron chi connectivity index (χ0n) is 7.35. The van der Waals surface area contributed by atoms with E-state index in [2.05, 4.69) is 38.4 Å². The van der Waals surface area contributed by atoms with Gasteiger partial charge in [0, 0.05) is 11.4 Å². The van der Waals surface area contributed by atoms with Crippen molar-refractivity contribution in [2.45, 2.75) is 13.8 Å². The molecule has 6 heteroatoms. The van der Waals surface area contributed by atoms with E-state index in [1.165, 1.54) is 11.3 Å². The third-order valence-electron chi connectivity index (χ3n) is 1.36. The molecule has 0 saturated carbocycles. The van der Waals surface area contributed by atoms with E-state index in [1.54, 1.807) is 0 Å². The second-order valence-corrected chi connectivity index (χ2v) is 5.31. The van der Waals surface area contributed by atoms with Gasteiger partial charge in [0.15, 0.2) is 3.01 Å². The molecule has 0 aliphatic rings. The third-order valence-corrected chi connectivity index (χ3v) is 3.03. The van der Waals surface area contributed by atoms with Crippen LogP contribution in [0.15, 0.2) is 0 Å². The summed E-state index contributed by atoms with van der Waals surface area (Å²) in [5, 5.41) is 0. The highest BCUT2D eigenvalue weighted by Crippen LogP contribution is 2.18. The Morgan fingerprint density at radius 3 is 2.85 bits per heavy atom. The van der Waals surface area contributed by atoms with Crippen molar-refractivity contribution in [2.24, 2.45) is 0 Å². The quantitative estimate of drug-likeness (QED) is 0.654. The second kappa shape index (κ2) is 4.87. The summed E-state index contributed by atoms with van der Waals surface area (Å²) in [5.41, 5.74) is 5.81. The zero-order chi connectivity index (χ0) is 9.84. The molecule has 0 atom stereocenters. The van der Waals surface area contributed by atoms with Crippen LogP contribution in [-0.4, -0.2) is 17.4 Å². The number of thiazole rings is 1. The summed E-state index contributed by atoms with van der Waals surface area (Å²) >= 11 is 3.62. The van der Waals surface area contributed by atoms with Gasteiger partial charge in [-0.3, -0.25) is 10.2 Å². The van der Waals surface area contributed by atoms with Crippen LogP contribution < -0.4 is 10.9 Å². The van der Waals surface area contributed by atoms with Gasteiger partial charge in [0.1, 0.15) is 5.69 Å². The van der Waals surface area contributed by atoms with Crippen LogP contribution in [0.2, 0.25) is 0 Å². The Kier molecular flexibility index (Phi) is 4.07. The number of carbonyl (C=O) groups excluding carboxylic acids is 1. The summed E-state index contributed by atoms with van der Waals surface area (Å²) in [4.78, 5) is 16.5. The first-order chi connectivity index (χ1) is 6.15. The van der Waals surface area contributed by atoms with Crippen molar-refractivity contribution in [1.82, 2.24) is 15.8 Å². The van der Waals surface area contributed by atoms with Crippen molar-refractivity contribution in [3.8, 4) is 0 Å². The van der Waals surface area contributed by atoms with E-state index in [1.807, 2.05) is 13.8 Å². The maximum atomic E-state index is 11.4. The van der Waals surface area contributed by atoms with Crippen LogP contribution in [0.5, 0.6) is 0 Å². The first-order valence-electron chi connectivity index (χ1n) is 3.81. The van der Waals surface area contributed by atoms with Crippen molar-refractivity contribution in [1.29, 1.82) is 0 Å². The van der Waals surface area contributed by atoms with Gasteiger partial charge in [-0.2, -0.15) is 0 Å². The van der Waals surface area contributed by atoms with Crippen molar-refractivity contribution in [3.63, 3.8) is 0 Å². The molecule has 0 saturated heterocycles. The number of carbonyl (C=O) groups is 1. The maximum absolute atomic E-state index is 11.4. The summed E-state index contributed by atoms with van der Waals surface area (Å²) in [6.07, 6.45) is 0. The number of hydrazine groups is 1. The van der Waals surface area contributed by atoms with Gasteiger partial charge in [-0.1, -0.05) is 6.92 Å². The van der Waals surface area contributed by atoms with Crippen molar-refractivity contribution in [2.75, 3.05) is 6.54 Å². The Morgan fingerprint density at radius 2 is 2.38 bits per heavy atom. The molecule has 0 aliphatic carbocycles. The monoisotopic (exact) mass is 311 g/mol. The summed E-state index contributed by atoms with van der Waals surface area (Å²) in [6, 6.07) is 0. The van der Waals surface area contributed by atoms with Crippen LogP contribution in [0.25, 0.3) is 0 Å². The molecule has 13 heavy (non-hydrogen) atoms. The second-order valence-electron chi connectivity index (χ2n) is 2.36. The van der Waals surface area contributed by atoms with E-state index in [0.29, 0.717) is 12.2 Å². The molecule has 0 bridgehead atoms. The Bertz CT molecular complexity index is 313. The Hall–Kier alpha value is -0.210. The number of aryl methyl sites for hydroxylation is 1. The summed E-state index contributed by atoms with van der Waals surface area (Å²) in [6.45, 7) is 4.50. The molecule has 4 nitrogen and oxygen atoms in total. The predicted molar refractivity (Wildman–Crippen MR) is 60.7 cm³/mol. The van der Waals surface area contributed by atoms with Gasteiger partial charge in [-0.05, 0) is 29.5 Å². The van der Waals surface area contributed by atoms with E-state index in [4.69, 9.17) is 0 Å². The summed E-state index contributed by atoms with van der Waals surface area (Å²) in [7, 11) is 0. The highest BCUT2D eigenvalue weighted by Gasteiger charge is 2.13. The van der Waals surface area contributed by atoms with Crippen LogP contribution in [0.4, 0.5) is 0 Å². The lowest BCUT2D eigenvalue weighted by molar-refractivity contribution is 0.0929. The van der Waals surface area contributed by atoms with Crippen molar-refractivity contribution in [3.05, 3.63) is 13.6 Å². The van der Waals surface area contributed by atoms with Gasteiger partial charge in [0.2, 0.25) is 0 Å². The van der Waals surface area contributed by atoms with Crippen LogP contribution in [0.3, 0.4) is 0 Å². The average Bonchev–Trinajstić information content (AvgIpc) is 2.41. The normalized spacial score (nSPS) is 10.1. The SMILES string of the molecule is CCNNC(=O)c1nc(I)sc1C. The minimum atomic E-state index is -0.168. The van der Waals surface area contributed by atoms with E-state index in [9.17, 15) is 4.79 Å². The number of halogens is 1. The molecule has 0 spiro atoms. The number of aromatic nitrogens is 1. The lowest BCUT2D eigenvalue weighted by Crippen LogP contribution is -2.37. The number of hydrogen-bond acceptors (Lipinski definition) is 4. The minimum absolute atomic E-state index is 0.168. The summed E-state index contributed by atoms with van der Waals surface area (Å²) in [5.74, 6) is -0.168. The molecule has 1 amide bonds. The fraction of sp³-hybridized carbons (Fsp3) is 0.429. The fourth-order valence-electron chi connectivity index (χ4n) is 0.803. The van der Waals surface area contributed by atoms with Gasteiger partial charge >= 0.3 is 0 Å². The smallest absolute Gasteiger partial charge is 0.285 e. The molecule has 1 rings (SSSR count). The van der Waals surface area contributed by atoms with Gasteiger partial charge < -0.3 is 0 Å². The topological polar surface area (TPSA) is 54.0 Å². The first-order valence-corrected chi connectivity index (χ1v) is 5.70. The van der Waals surface area contributed by atoms with Crippen molar-refractivity contribution >= 4 is 39.8 Å². The number of hydrogen-bond donors (Lipinski definition) is 2. The molecule has 72 valence electrons. The minimum Gasteiger partial charge on any atom is -0.286 e. The molecule has 1 aromatic rings. The standard InChI is InChI=1S/C7H10IN3OS/c1-3-9-11-6(12)5-4(2)13-7(8)10-5/h9H,3H2,1-2H3,(H,11,12). The van der Waals surface area contributed by atoms with E-state index >= 15 is 0 Å². The van der Waals surface area contributed by atoms with Crippen molar-refractivity contribution < 1.29 is 4.79 Å². The number of rotatable bonds is 3. The number of amides is 1. The molecule has 2 N–H and O–H groups in total. The highest BCUT2D eigenvalue weighted by atomic mass is 127. The molecule has 1 heterocycles. The molecule has 0 unspecified atom stereocenters. The molecular weight excluding hydrogens is 301 g/mol. The Balaban J connectivity index is 2.70. The fourth-order valence-corrected chi connectivity index (χ4v) is 2.66. The van der Waals surface area contributed by atoms with Crippen LogP contribution in [0.1, 0.15) is 22.3 Å². The van der Waals surface area contributed by atoms with Gasteiger partial charge in [-0.25, -0.2) is 10.4 Å². The molecule has 0 aromatic carbocycles. The maximum Gasteiger partial charge on any atom is 0.285 e. The summed E-state index contributed by atoms with van der Waals surface area (Å²) < 4.78 is 0.886. The first kappa shape index (κ1) is 10.9. The lowest BCUT2D eigenvalue weighted by Gasteiger charge is -2.02. The largest absolute Gasteiger partial charge is 0.286 e. The van der Waals surface area contributed by atoms with E-state index in [0.717, 1.165) is 7.89 Å². The van der Waals surface area contributed by atoms with E-state index < -0.39 is 0 Å². The Morgan fingerprint density at radius 1 is 1.69 bits per heavy atom. The molecular formula is C7H10IN3OS. The number of nitrogens with one attached hydrogen (secondary N) is 2. The predicted octanol–water partition coefficient (Wildman–Crippen LogP) is 1.31. The number of nitrogens with zero attached hydrogens (tertiary/aromatic N) is 1. The lowest BCUT2D eigenvalue weighted by atomic mass is 10.4. The molecule has 0 fully saturated rings. The third kappa shape index (κ3) is 2.89. The van der Waals surface area contributed by atoms with Crippen LogP contribution in [-0.2, 0) is 0 Å². The van der Waals surface area contributed by atoms with Gasteiger partial charge in [-0.15, -0.1) is 11.3 Å². The van der Waals surface area contributed by atoms with E-state index in [-0.39, 0.29) is 5.91 Å². The van der Waals surface area contributed by atoms with Crippen LogP contribution in [0, 0.1) is 9.94 Å². The molecule has 1 aromatic heterocycles.